The minimum atomic E-state index is -0.771. The molecule has 5 heteroatoms. The normalized spacial score (nSPS) is 12.6. The molecule has 0 aliphatic rings. The van der Waals surface area contributed by atoms with E-state index >= 15 is 0 Å². The summed E-state index contributed by atoms with van der Waals surface area (Å²) in [4.78, 5) is 14.0. The molecule has 1 rings (SSSR count). The first-order chi connectivity index (χ1) is 6.60. The Labute approximate surface area is 81.9 Å². The Hall–Kier alpha value is -1.33. The van der Waals surface area contributed by atoms with Crippen molar-refractivity contribution in [2.24, 2.45) is 5.73 Å². The second kappa shape index (κ2) is 4.26. The number of H-pyrrole nitrogens is 1. The number of carbonyl (C=O) groups is 1. The Morgan fingerprint density at radius 1 is 1.79 bits per heavy atom. The van der Waals surface area contributed by atoms with Gasteiger partial charge < -0.3 is 20.6 Å². The van der Waals surface area contributed by atoms with Crippen LogP contribution >= 0.6 is 0 Å². The van der Waals surface area contributed by atoms with Crippen molar-refractivity contribution in [3.8, 4) is 0 Å². The lowest BCUT2D eigenvalue weighted by Crippen LogP contribution is -2.12. The van der Waals surface area contributed by atoms with Gasteiger partial charge in [0.05, 0.1) is 7.11 Å². The van der Waals surface area contributed by atoms with Crippen LogP contribution in [0, 0.1) is 6.92 Å². The molecule has 0 fully saturated rings. The predicted molar refractivity (Wildman–Crippen MR) is 50.9 cm³/mol. The van der Waals surface area contributed by atoms with Crippen molar-refractivity contribution in [1.82, 2.24) is 4.98 Å². The zero-order valence-corrected chi connectivity index (χ0v) is 8.20. The molecule has 0 saturated carbocycles. The molecule has 0 aliphatic carbocycles. The number of methoxy groups -OCH3 is 1. The molecular weight excluding hydrogens is 184 g/mol. The van der Waals surface area contributed by atoms with Crippen molar-refractivity contribution in [3.63, 3.8) is 0 Å². The van der Waals surface area contributed by atoms with E-state index in [1.54, 1.807) is 13.0 Å². The van der Waals surface area contributed by atoms with Crippen LogP contribution in [0.1, 0.15) is 27.8 Å². The van der Waals surface area contributed by atoms with E-state index in [0.717, 1.165) is 5.56 Å². The van der Waals surface area contributed by atoms with Gasteiger partial charge in [0.25, 0.3) is 0 Å². The molecule has 4 N–H and O–H groups in total. The number of aryl methyl sites for hydroxylation is 1. The van der Waals surface area contributed by atoms with E-state index in [4.69, 9.17) is 5.73 Å². The fourth-order valence-electron chi connectivity index (χ4n) is 1.20. The molecule has 0 saturated heterocycles. The smallest absolute Gasteiger partial charge is 0.354 e. The van der Waals surface area contributed by atoms with Gasteiger partial charge in [-0.25, -0.2) is 4.79 Å². The van der Waals surface area contributed by atoms with Crippen LogP contribution in [0.2, 0.25) is 0 Å². The van der Waals surface area contributed by atoms with Crippen LogP contribution in [0.25, 0.3) is 0 Å². The van der Waals surface area contributed by atoms with Crippen LogP contribution < -0.4 is 5.73 Å². The Morgan fingerprint density at radius 3 is 2.93 bits per heavy atom. The molecule has 0 aliphatic heterocycles. The number of aliphatic hydroxyl groups is 1. The molecule has 0 aromatic carbocycles. The van der Waals surface area contributed by atoms with Crippen molar-refractivity contribution < 1.29 is 14.6 Å². The largest absolute Gasteiger partial charge is 0.464 e. The summed E-state index contributed by atoms with van der Waals surface area (Å²) in [7, 11) is 1.31. The van der Waals surface area contributed by atoms with Crippen molar-refractivity contribution in [3.05, 3.63) is 23.0 Å². The highest BCUT2D eigenvalue weighted by Gasteiger charge is 2.16. The monoisotopic (exact) mass is 198 g/mol. The number of rotatable bonds is 3. The molecule has 0 bridgehead atoms. The van der Waals surface area contributed by atoms with Crippen molar-refractivity contribution >= 4 is 5.97 Å². The number of aromatic nitrogens is 1. The topological polar surface area (TPSA) is 88.3 Å². The number of nitrogens with one attached hydrogen (secondary N) is 1. The van der Waals surface area contributed by atoms with Crippen molar-refractivity contribution in [1.29, 1.82) is 0 Å². The number of hydrogen-bond donors (Lipinski definition) is 3. The van der Waals surface area contributed by atoms with Gasteiger partial charge in [0.1, 0.15) is 11.8 Å². The lowest BCUT2D eigenvalue weighted by atomic mass is 10.2. The van der Waals surface area contributed by atoms with Gasteiger partial charge in [0.15, 0.2) is 0 Å². The Bertz CT molecular complexity index is 333. The van der Waals surface area contributed by atoms with Crippen LogP contribution in [-0.4, -0.2) is 29.7 Å². The number of aromatic amines is 1. The van der Waals surface area contributed by atoms with E-state index in [1.165, 1.54) is 7.11 Å². The minimum Gasteiger partial charge on any atom is -0.464 e. The van der Waals surface area contributed by atoms with Gasteiger partial charge in [-0.3, -0.25) is 0 Å². The van der Waals surface area contributed by atoms with E-state index in [-0.39, 0.29) is 6.54 Å². The molecule has 0 radical (unpaired) electrons. The molecule has 14 heavy (non-hydrogen) atoms. The average Bonchev–Trinajstić information content (AvgIpc) is 2.58. The van der Waals surface area contributed by atoms with Crippen LogP contribution in [0.5, 0.6) is 0 Å². The lowest BCUT2D eigenvalue weighted by molar-refractivity contribution is 0.0593. The summed E-state index contributed by atoms with van der Waals surface area (Å²) in [5, 5.41) is 9.41. The lowest BCUT2D eigenvalue weighted by Gasteiger charge is -2.03. The van der Waals surface area contributed by atoms with Gasteiger partial charge in [0.2, 0.25) is 0 Å². The molecule has 1 aromatic rings. The second-order valence-corrected chi connectivity index (χ2v) is 3.03. The molecule has 78 valence electrons. The van der Waals surface area contributed by atoms with E-state index in [0.29, 0.717) is 11.4 Å². The maximum atomic E-state index is 11.2. The molecular formula is C9H14N2O3. The predicted octanol–water partition coefficient (Wildman–Crippen LogP) is 0.102. The van der Waals surface area contributed by atoms with Crippen LogP contribution in [0.4, 0.5) is 0 Å². The van der Waals surface area contributed by atoms with Gasteiger partial charge >= 0.3 is 5.97 Å². The van der Waals surface area contributed by atoms with E-state index in [2.05, 4.69) is 9.72 Å². The highest BCUT2D eigenvalue weighted by Crippen LogP contribution is 2.16. The number of nitrogens with two attached hydrogens (primary N) is 1. The second-order valence-electron chi connectivity index (χ2n) is 3.03. The van der Waals surface area contributed by atoms with E-state index < -0.39 is 12.1 Å². The molecule has 1 atom stereocenters. The molecule has 0 amide bonds. The maximum Gasteiger partial charge on any atom is 0.354 e. The molecule has 1 unspecified atom stereocenters. The number of ether oxygens (including phenoxy) is 1. The van der Waals surface area contributed by atoms with E-state index in [9.17, 15) is 9.90 Å². The van der Waals surface area contributed by atoms with Crippen molar-refractivity contribution in [2.45, 2.75) is 13.0 Å². The van der Waals surface area contributed by atoms with Gasteiger partial charge in [-0.15, -0.1) is 0 Å². The highest BCUT2D eigenvalue weighted by atomic mass is 16.5. The summed E-state index contributed by atoms with van der Waals surface area (Å²) in [5.41, 5.74) is 6.91. The zero-order valence-electron chi connectivity index (χ0n) is 8.20. The molecule has 0 spiro atoms. The van der Waals surface area contributed by atoms with Gasteiger partial charge in [-0.1, -0.05) is 0 Å². The first-order valence-electron chi connectivity index (χ1n) is 4.26. The highest BCUT2D eigenvalue weighted by molar-refractivity contribution is 5.89. The Kier molecular flexibility index (Phi) is 3.27. The minimum absolute atomic E-state index is 0.112. The fourth-order valence-corrected chi connectivity index (χ4v) is 1.20. The Morgan fingerprint density at radius 2 is 2.43 bits per heavy atom. The maximum absolute atomic E-state index is 11.2. The van der Waals surface area contributed by atoms with Crippen LogP contribution in [-0.2, 0) is 4.74 Å². The first-order valence-corrected chi connectivity index (χ1v) is 4.26. The molecule has 5 nitrogen and oxygen atoms in total. The van der Waals surface area contributed by atoms with Gasteiger partial charge in [0, 0.05) is 12.2 Å². The zero-order chi connectivity index (χ0) is 10.7. The van der Waals surface area contributed by atoms with Crippen LogP contribution in [0.15, 0.2) is 6.07 Å². The first kappa shape index (κ1) is 10.7. The van der Waals surface area contributed by atoms with Crippen molar-refractivity contribution in [2.75, 3.05) is 13.7 Å². The number of hydrogen-bond acceptors (Lipinski definition) is 4. The van der Waals surface area contributed by atoms with Gasteiger partial charge in [-0.05, 0) is 18.6 Å². The Balaban J connectivity index is 2.98. The summed E-state index contributed by atoms with van der Waals surface area (Å²) in [6, 6.07) is 1.68. The standard InChI is InChI=1S/C9H14N2O3/c1-5-3-6(7(12)4-10)11-8(5)9(13)14-2/h3,7,11-12H,4,10H2,1-2H3. The number of carbonyl (C=O) groups excluding carboxylic acids is 1. The third-order valence-electron chi connectivity index (χ3n) is 2.01. The molecule has 1 aromatic heterocycles. The van der Waals surface area contributed by atoms with Gasteiger partial charge in [-0.2, -0.15) is 0 Å². The number of aliphatic hydroxyl groups excluding tert-OH is 1. The molecule has 1 heterocycles. The summed E-state index contributed by atoms with van der Waals surface area (Å²) >= 11 is 0. The number of esters is 1. The third-order valence-corrected chi connectivity index (χ3v) is 2.01. The quantitative estimate of drug-likeness (QED) is 0.601. The summed E-state index contributed by atoms with van der Waals surface area (Å²) < 4.78 is 4.56. The third kappa shape index (κ3) is 1.94. The summed E-state index contributed by atoms with van der Waals surface area (Å²) in [5.74, 6) is -0.446. The fraction of sp³-hybridized carbons (Fsp3) is 0.444. The SMILES string of the molecule is COC(=O)c1[nH]c(C(O)CN)cc1C. The van der Waals surface area contributed by atoms with E-state index in [1.807, 2.05) is 0 Å². The summed E-state index contributed by atoms with van der Waals surface area (Å²) in [6.45, 7) is 1.87. The summed E-state index contributed by atoms with van der Waals surface area (Å²) in [6.07, 6.45) is -0.771. The van der Waals surface area contributed by atoms with Crippen LogP contribution in [0.3, 0.4) is 0 Å². The average molecular weight is 198 g/mol.